The van der Waals surface area contributed by atoms with Crippen molar-refractivity contribution < 1.29 is 0 Å². The molecular weight excluding hydrogens is 174 g/mol. The molecule has 0 aliphatic rings. The summed E-state index contributed by atoms with van der Waals surface area (Å²) in [6.07, 6.45) is 0. The lowest BCUT2D eigenvalue weighted by Crippen LogP contribution is -2.19. The van der Waals surface area contributed by atoms with E-state index in [1.165, 1.54) is 0 Å². The molecule has 1 nitrogen and oxygen atoms in total. The van der Waals surface area contributed by atoms with E-state index >= 15 is 0 Å². The zero-order valence-corrected chi connectivity index (χ0v) is 7.12. The molecule has 0 saturated carbocycles. The van der Waals surface area contributed by atoms with Gasteiger partial charge in [-0.2, -0.15) is 0 Å². The van der Waals surface area contributed by atoms with E-state index in [9.17, 15) is 0 Å². The van der Waals surface area contributed by atoms with Gasteiger partial charge >= 0.3 is 0 Å². The number of halogens is 1. The summed E-state index contributed by atoms with van der Waals surface area (Å²) in [4.78, 5) is 0. The van der Waals surface area contributed by atoms with Gasteiger partial charge in [0.1, 0.15) is 10.4 Å². The molecule has 0 fully saturated rings. The van der Waals surface area contributed by atoms with Gasteiger partial charge in [0.15, 0.2) is 0 Å². The topological polar surface area (TPSA) is 3.24 Å². The average molecular weight is 179 g/mol. The van der Waals surface area contributed by atoms with Crippen LogP contribution in [0.25, 0.3) is 0 Å². The molecule has 4 heteroatoms. The highest BCUT2D eigenvalue weighted by Gasteiger charge is 1.86. The van der Waals surface area contributed by atoms with Crippen molar-refractivity contribution in [2.45, 2.75) is 6.92 Å². The Bertz CT molecular complexity index is 30.7. The van der Waals surface area contributed by atoms with E-state index in [0.717, 1.165) is 6.54 Å². The van der Waals surface area contributed by atoms with E-state index in [4.69, 9.17) is 0 Å². The van der Waals surface area contributed by atoms with Crippen LogP contribution >= 0.6 is 15.3 Å². The van der Waals surface area contributed by atoms with E-state index < -0.39 is 0 Å². The largest absolute Gasteiger partial charge is 0.342 e. The molecule has 0 aliphatic carbocycles. The van der Waals surface area contributed by atoms with Crippen LogP contribution < -0.4 is 0 Å². The first-order chi connectivity index (χ1) is 2.81. The Morgan fingerprint density at radius 2 is 2.50 bits per heavy atom. The number of hydrogen-bond donors (Lipinski definition) is 0. The smallest absolute Gasteiger partial charge is 0.230 e. The summed E-state index contributed by atoms with van der Waals surface area (Å²) in [5.41, 5.74) is 0. The molecule has 33 valence electrons. The molecule has 0 atom stereocenters. The highest BCUT2D eigenvalue weighted by atomic mass is 79.9. The van der Waals surface area contributed by atoms with Crippen LogP contribution in [-0.4, -0.2) is 29.5 Å². The minimum Gasteiger partial charge on any atom is -0.342 e. The minimum atomic E-state index is 0.691. The van der Waals surface area contributed by atoms with Crippen molar-refractivity contribution >= 4 is 34.0 Å². The van der Waals surface area contributed by atoms with Gasteiger partial charge in [0.2, 0.25) is 8.30 Å². The van der Waals surface area contributed by atoms with Crippen molar-refractivity contribution in [2.75, 3.05) is 6.54 Å². The summed E-state index contributed by atoms with van der Waals surface area (Å²) < 4.78 is 2.00. The maximum Gasteiger partial charge on any atom is 0.230 e. The molecule has 6 heavy (non-hydrogen) atoms. The molecule has 0 saturated heterocycles. The maximum atomic E-state index is 3.32. The van der Waals surface area contributed by atoms with Crippen LogP contribution in [0.4, 0.5) is 0 Å². The molecule has 5 radical (unpaired) electrons. The molecule has 0 aromatic carbocycles. The van der Waals surface area contributed by atoms with Gasteiger partial charge in [0.25, 0.3) is 0 Å². The summed E-state index contributed by atoms with van der Waals surface area (Å²) in [6, 6.07) is 0. The van der Waals surface area contributed by atoms with Crippen molar-refractivity contribution in [1.82, 2.24) is 4.23 Å². The van der Waals surface area contributed by atoms with Gasteiger partial charge < -0.3 is 4.23 Å². The summed E-state index contributed by atoms with van der Waals surface area (Å²) in [5, 5.41) is 0. The second-order valence-corrected chi connectivity index (χ2v) is 3.59. The van der Waals surface area contributed by atoms with Gasteiger partial charge in [-0.3, -0.25) is 0 Å². The Balaban J connectivity index is 2.75. The monoisotopic (exact) mass is 178 g/mol. The lowest BCUT2D eigenvalue weighted by Gasteiger charge is -2.03. The molecule has 0 spiro atoms. The first-order valence-electron chi connectivity index (χ1n) is 1.66. The van der Waals surface area contributed by atoms with Crippen molar-refractivity contribution in [3.63, 3.8) is 0 Å². The third-order valence-corrected chi connectivity index (χ3v) is 3.86. The first kappa shape index (κ1) is 6.87. The fourth-order valence-electron chi connectivity index (χ4n) is 0.0598. The van der Waals surface area contributed by atoms with E-state index in [1.807, 2.05) is 4.23 Å². The van der Waals surface area contributed by atoms with Gasteiger partial charge in [-0.05, 0) is 6.54 Å². The molecule has 0 aliphatic heterocycles. The minimum absolute atomic E-state index is 0.691. The van der Waals surface area contributed by atoms with Crippen LogP contribution in [0, 0.1) is 0 Å². The predicted molar refractivity (Wildman–Crippen MR) is 32.8 cm³/mol. The standard InChI is InChI=1S/C2H5BrNSi2/c1-2-4(5)6-3/h2H2,1H3. The third-order valence-electron chi connectivity index (χ3n) is 0.418. The van der Waals surface area contributed by atoms with Crippen molar-refractivity contribution in [3.8, 4) is 0 Å². The molecule has 0 unspecified atom stereocenters. The Kier molecular flexibility index (Phi) is 4.63. The average Bonchev–Trinajstić information content (AvgIpc) is 1.65. The normalized spacial score (nSPS) is 10.0. The van der Waals surface area contributed by atoms with Crippen molar-refractivity contribution in [3.05, 3.63) is 0 Å². The Labute approximate surface area is 52.1 Å². The molecule has 0 bridgehead atoms. The van der Waals surface area contributed by atoms with Crippen LogP contribution in [0.2, 0.25) is 0 Å². The summed E-state index contributed by atoms with van der Waals surface area (Å²) in [6.45, 7) is 3.13. The maximum absolute atomic E-state index is 3.32. The fraction of sp³-hybridized carbons (Fsp3) is 1.00. The number of nitrogens with zero attached hydrogens (tertiary/aromatic N) is 1. The number of hydrogen-bond acceptors (Lipinski definition) is 1. The van der Waals surface area contributed by atoms with Crippen LogP contribution in [0.15, 0.2) is 0 Å². The highest BCUT2D eigenvalue weighted by molar-refractivity contribution is 9.23. The second-order valence-electron chi connectivity index (χ2n) is 0.829. The molecule has 0 N–H and O–H groups in total. The Morgan fingerprint density at radius 3 is 2.50 bits per heavy atom. The summed E-state index contributed by atoms with van der Waals surface area (Å²) >= 11 is 3.28. The van der Waals surface area contributed by atoms with E-state index in [2.05, 4.69) is 32.6 Å². The zero-order valence-electron chi connectivity index (χ0n) is 3.53. The van der Waals surface area contributed by atoms with E-state index in [0.29, 0.717) is 8.30 Å². The third kappa shape index (κ3) is 3.08. The van der Waals surface area contributed by atoms with Crippen molar-refractivity contribution in [2.24, 2.45) is 0 Å². The molecule has 0 heterocycles. The lowest BCUT2D eigenvalue weighted by atomic mass is 10.8. The van der Waals surface area contributed by atoms with Gasteiger partial charge in [0.05, 0.1) is 0 Å². The summed E-state index contributed by atoms with van der Waals surface area (Å²) in [5.74, 6) is 0. The fourth-order valence-corrected chi connectivity index (χ4v) is 0.932. The van der Waals surface area contributed by atoms with Gasteiger partial charge in [-0.15, -0.1) is 15.3 Å². The van der Waals surface area contributed by atoms with E-state index in [-0.39, 0.29) is 0 Å². The highest BCUT2D eigenvalue weighted by Crippen LogP contribution is 1.79. The van der Waals surface area contributed by atoms with E-state index in [1.54, 1.807) is 0 Å². The molecule has 0 amide bonds. The van der Waals surface area contributed by atoms with Crippen LogP contribution in [0.5, 0.6) is 0 Å². The SMILES string of the molecule is CCN([Si])[Si]Br. The molecule has 0 aromatic rings. The summed E-state index contributed by atoms with van der Waals surface area (Å²) in [7, 11) is 4.01. The first-order valence-corrected chi connectivity index (χ1v) is 5.31. The predicted octanol–water partition coefficient (Wildman–Crippen LogP) is 0.321. The van der Waals surface area contributed by atoms with Gasteiger partial charge in [-0.25, -0.2) is 0 Å². The van der Waals surface area contributed by atoms with Crippen molar-refractivity contribution in [1.29, 1.82) is 0 Å². The zero-order chi connectivity index (χ0) is 4.99. The van der Waals surface area contributed by atoms with Crippen LogP contribution in [0.1, 0.15) is 6.92 Å². The number of rotatable bonds is 2. The molecule has 0 aromatic heterocycles. The lowest BCUT2D eigenvalue weighted by molar-refractivity contribution is 0.743. The quantitative estimate of drug-likeness (QED) is 0.436. The molecule has 0 rings (SSSR count). The Morgan fingerprint density at radius 1 is 2.00 bits per heavy atom. The van der Waals surface area contributed by atoms with Gasteiger partial charge in [-0.1, -0.05) is 6.92 Å². The Hall–Kier alpha value is 0.874. The van der Waals surface area contributed by atoms with Crippen LogP contribution in [0.3, 0.4) is 0 Å². The van der Waals surface area contributed by atoms with Crippen LogP contribution in [-0.2, 0) is 0 Å². The second kappa shape index (κ2) is 4.04. The van der Waals surface area contributed by atoms with Gasteiger partial charge in [0, 0.05) is 0 Å². The molecular formula is C2H5BrNSi2.